The van der Waals surface area contributed by atoms with E-state index >= 15 is 0 Å². The molecule has 0 fully saturated rings. The Bertz CT molecular complexity index is 737. The van der Waals surface area contributed by atoms with Gasteiger partial charge in [0.1, 0.15) is 17.1 Å². The quantitative estimate of drug-likeness (QED) is 0.575. The molecule has 0 N–H and O–H groups in total. The van der Waals surface area contributed by atoms with Crippen LogP contribution in [0.5, 0.6) is 11.5 Å². The van der Waals surface area contributed by atoms with Crippen molar-refractivity contribution >= 4 is 12.1 Å². The highest BCUT2D eigenvalue weighted by Crippen LogP contribution is 2.40. The zero-order valence-corrected chi connectivity index (χ0v) is 14.2. The van der Waals surface area contributed by atoms with E-state index in [2.05, 4.69) is 0 Å². The highest BCUT2D eigenvalue weighted by atomic mass is 16.5. The van der Waals surface area contributed by atoms with Crippen molar-refractivity contribution in [3.63, 3.8) is 0 Å². The molecule has 0 aromatic heterocycles. The van der Waals surface area contributed by atoms with Gasteiger partial charge in [0.05, 0.1) is 25.9 Å². The summed E-state index contributed by atoms with van der Waals surface area (Å²) < 4.78 is 16.2. The third-order valence-corrected chi connectivity index (χ3v) is 3.88. The molecule has 0 saturated carbocycles. The van der Waals surface area contributed by atoms with Gasteiger partial charge in [0.15, 0.2) is 6.29 Å². The zero-order valence-electron chi connectivity index (χ0n) is 14.2. The van der Waals surface area contributed by atoms with Crippen LogP contribution in [-0.4, -0.2) is 33.4 Å². The molecule has 1 unspecified atom stereocenters. The molecule has 126 valence electrons. The first-order valence-corrected chi connectivity index (χ1v) is 7.45. The minimum atomic E-state index is -0.355. The molecule has 0 saturated heterocycles. The summed E-state index contributed by atoms with van der Waals surface area (Å²) in [6, 6.07) is 10.4. The predicted molar refractivity (Wildman–Crippen MR) is 90.2 cm³/mol. The monoisotopic (exact) mass is 328 g/mol. The summed E-state index contributed by atoms with van der Waals surface area (Å²) >= 11 is 0. The van der Waals surface area contributed by atoms with E-state index in [0.717, 1.165) is 0 Å². The Hall–Kier alpha value is -2.66. The summed E-state index contributed by atoms with van der Waals surface area (Å²) in [5, 5.41) is 0. The second kappa shape index (κ2) is 7.75. The molecular formula is C19H20O5. The summed E-state index contributed by atoms with van der Waals surface area (Å²) in [6.45, 7) is 1.82. The van der Waals surface area contributed by atoms with Gasteiger partial charge >= 0.3 is 0 Å². The standard InChI is InChI=1S/C19H20O5/c1-12(22-2)15-10-14(11-20)18(23-3)16(19(15)24-4)17(21)13-8-6-5-7-9-13/h5-12H,1-4H3. The fraction of sp³-hybridized carbons (Fsp3) is 0.263. The van der Waals surface area contributed by atoms with E-state index < -0.39 is 0 Å². The molecule has 0 aliphatic carbocycles. The fourth-order valence-corrected chi connectivity index (χ4v) is 2.59. The molecular weight excluding hydrogens is 308 g/mol. The molecule has 0 amide bonds. The van der Waals surface area contributed by atoms with Crippen LogP contribution >= 0.6 is 0 Å². The van der Waals surface area contributed by atoms with Gasteiger partial charge in [0.2, 0.25) is 5.78 Å². The van der Waals surface area contributed by atoms with Gasteiger partial charge in [0.25, 0.3) is 0 Å². The Morgan fingerprint density at radius 1 is 1.04 bits per heavy atom. The van der Waals surface area contributed by atoms with Crippen LogP contribution in [0.25, 0.3) is 0 Å². The average Bonchev–Trinajstić information content (AvgIpc) is 2.65. The number of carbonyl (C=O) groups excluding carboxylic acids is 2. The highest BCUT2D eigenvalue weighted by Gasteiger charge is 2.27. The van der Waals surface area contributed by atoms with E-state index in [1.165, 1.54) is 14.2 Å². The number of benzene rings is 2. The molecule has 0 spiro atoms. The van der Waals surface area contributed by atoms with E-state index in [0.29, 0.717) is 23.2 Å². The van der Waals surface area contributed by atoms with Gasteiger partial charge in [-0.1, -0.05) is 30.3 Å². The minimum absolute atomic E-state index is 0.197. The van der Waals surface area contributed by atoms with Crippen LogP contribution < -0.4 is 9.47 Å². The van der Waals surface area contributed by atoms with E-state index in [-0.39, 0.29) is 28.8 Å². The molecule has 1 atom stereocenters. The smallest absolute Gasteiger partial charge is 0.200 e. The maximum absolute atomic E-state index is 13.0. The summed E-state index contributed by atoms with van der Waals surface area (Å²) in [7, 11) is 4.44. The zero-order chi connectivity index (χ0) is 17.7. The normalized spacial score (nSPS) is 11.7. The van der Waals surface area contributed by atoms with E-state index in [9.17, 15) is 9.59 Å². The summed E-state index contributed by atoms with van der Waals surface area (Å²) in [6.07, 6.45) is 0.304. The predicted octanol–water partition coefficient (Wildman–Crippen LogP) is 3.45. The molecule has 0 aliphatic rings. The number of hydrogen-bond donors (Lipinski definition) is 0. The molecule has 0 aliphatic heterocycles. The largest absolute Gasteiger partial charge is 0.495 e. The number of rotatable bonds is 7. The van der Waals surface area contributed by atoms with E-state index in [1.54, 1.807) is 37.4 Å². The Kier molecular flexibility index (Phi) is 5.71. The Morgan fingerprint density at radius 3 is 2.17 bits per heavy atom. The molecule has 2 aromatic carbocycles. The van der Waals surface area contributed by atoms with Crippen molar-refractivity contribution in [3.05, 3.63) is 58.7 Å². The van der Waals surface area contributed by atoms with E-state index in [4.69, 9.17) is 14.2 Å². The molecule has 0 radical (unpaired) electrons. The number of methoxy groups -OCH3 is 3. The SMILES string of the molecule is COc1c(C=O)cc(C(C)OC)c(OC)c1C(=O)c1ccccc1. The van der Waals surface area contributed by atoms with Gasteiger partial charge < -0.3 is 14.2 Å². The van der Waals surface area contributed by atoms with Gasteiger partial charge in [0, 0.05) is 18.2 Å². The molecule has 0 heterocycles. The lowest BCUT2D eigenvalue weighted by Gasteiger charge is -2.21. The third-order valence-electron chi connectivity index (χ3n) is 3.88. The van der Waals surface area contributed by atoms with Crippen LogP contribution in [0, 0.1) is 0 Å². The first kappa shape index (κ1) is 17.7. The van der Waals surface area contributed by atoms with Crippen LogP contribution in [0.15, 0.2) is 36.4 Å². The molecule has 5 nitrogen and oxygen atoms in total. The van der Waals surface area contributed by atoms with Gasteiger partial charge in [-0.15, -0.1) is 0 Å². The van der Waals surface area contributed by atoms with Gasteiger partial charge in [-0.2, -0.15) is 0 Å². The fourth-order valence-electron chi connectivity index (χ4n) is 2.59. The van der Waals surface area contributed by atoms with E-state index in [1.807, 2.05) is 13.0 Å². The Morgan fingerprint density at radius 2 is 1.67 bits per heavy atom. The first-order chi connectivity index (χ1) is 11.6. The maximum atomic E-state index is 13.0. The third kappa shape index (κ3) is 3.16. The average molecular weight is 328 g/mol. The second-order valence-electron chi connectivity index (χ2n) is 5.19. The molecule has 5 heteroatoms. The lowest BCUT2D eigenvalue weighted by Crippen LogP contribution is -2.12. The summed E-state index contributed by atoms with van der Waals surface area (Å²) in [5.74, 6) is 0.265. The molecule has 24 heavy (non-hydrogen) atoms. The van der Waals surface area contributed by atoms with Crippen LogP contribution in [0.4, 0.5) is 0 Å². The van der Waals surface area contributed by atoms with Crippen molar-refractivity contribution in [2.75, 3.05) is 21.3 Å². The maximum Gasteiger partial charge on any atom is 0.200 e. The highest BCUT2D eigenvalue weighted by molar-refractivity contribution is 6.14. The van der Waals surface area contributed by atoms with Crippen LogP contribution in [0.2, 0.25) is 0 Å². The van der Waals surface area contributed by atoms with Crippen molar-refractivity contribution < 1.29 is 23.8 Å². The molecule has 2 aromatic rings. The van der Waals surface area contributed by atoms with Crippen LogP contribution in [0.1, 0.15) is 44.9 Å². The summed E-state index contributed by atoms with van der Waals surface area (Å²) in [4.78, 5) is 24.5. The van der Waals surface area contributed by atoms with Gasteiger partial charge in [-0.3, -0.25) is 9.59 Å². The van der Waals surface area contributed by atoms with Gasteiger partial charge in [-0.25, -0.2) is 0 Å². The lowest BCUT2D eigenvalue weighted by molar-refractivity contribution is 0.102. The van der Waals surface area contributed by atoms with Crippen LogP contribution in [-0.2, 0) is 4.74 Å². The first-order valence-electron chi connectivity index (χ1n) is 7.45. The molecule has 0 bridgehead atoms. The second-order valence-corrected chi connectivity index (χ2v) is 5.19. The van der Waals surface area contributed by atoms with Crippen molar-refractivity contribution in [1.29, 1.82) is 0 Å². The Balaban J connectivity index is 2.79. The van der Waals surface area contributed by atoms with Crippen molar-refractivity contribution in [3.8, 4) is 11.5 Å². The number of hydrogen-bond acceptors (Lipinski definition) is 5. The number of ketones is 1. The van der Waals surface area contributed by atoms with Gasteiger partial charge in [-0.05, 0) is 13.0 Å². The number of carbonyl (C=O) groups is 2. The van der Waals surface area contributed by atoms with Crippen molar-refractivity contribution in [2.24, 2.45) is 0 Å². The minimum Gasteiger partial charge on any atom is -0.495 e. The van der Waals surface area contributed by atoms with Crippen LogP contribution in [0.3, 0.4) is 0 Å². The Labute approximate surface area is 141 Å². The topological polar surface area (TPSA) is 61.8 Å². The molecule has 2 rings (SSSR count). The number of ether oxygens (including phenoxy) is 3. The van der Waals surface area contributed by atoms with Crippen molar-refractivity contribution in [2.45, 2.75) is 13.0 Å². The lowest BCUT2D eigenvalue weighted by atomic mass is 9.94. The summed E-state index contributed by atoms with van der Waals surface area (Å²) in [5.41, 5.74) is 1.58. The van der Waals surface area contributed by atoms with Crippen molar-refractivity contribution in [1.82, 2.24) is 0 Å². The number of aldehydes is 1.